The van der Waals surface area contributed by atoms with Crippen LogP contribution in [0.15, 0.2) is 116 Å². The van der Waals surface area contributed by atoms with Crippen molar-refractivity contribution in [1.82, 2.24) is 4.90 Å². The first-order chi connectivity index (χ1) is 20.9. The fourth-order valence-electron chi connectivity index (χ4n) is 7.03. The number of hydrogen-bond donors (Lipinski definition) is 1. The summed E-state index contributed by atoms with van der Waals surface area (Å²) in [5, 5.41) is 3.04. The molecule has 212 valence electrons. The van der Waals surface area contributed by atoms with Crippen molar-refractivity contribution in [2.75, 3.05) is 11.9 Å². The second kappa shape index (κ2) is 10.2. The summed E-state index contributed by atoms with van der Waals surface area (Å²) in [5.74, 6) is -2.22. The number of fused-ring (bicyclic) bond motifs is 6. The molecule has 7 rings (SSSR count). The van der Waals surface area contributed by atoms with Crippen molar-refractivity contribution >= 4 is 29.2 Å². The molecule has 4 aromatic carbocycles. The van der Waals surface area contributed by atoms with Crippen molar-refractivity contribution in [1.29, 1.82) is 0 Å². The number of amides is 1. The van der Waals surface area contributed by atoms with Crippen LogP contribution in [0.2, 0.25) is 0 Å². The van der Waals surface area contributed by atoms with E-state index in [4.69, 9.17) is 4.74 Å². The number of benzene rings is 4. The van der Waals surface area contributed by atoms with Crippen LogP contribution in [0.5, 0.6) is 5.75 Å². The quantitative estimate of drug-likeness (QED) is 0.206. The fraction of sp³-hybridized carbons (Fsp3) is 0.139. The second-order valence-electron chi connectivity index (χ2n) is 10.9. The van der Waals surface area contributed by atoms with Gasteiger partial charge in [-0.3, -0.25) is 14.4 Å². The van der Waals surface area contributed by atoms with Gasteiger partial charge in [-0.05, 0) is 65.2 Å². The normalized spacial score (nSPS) is 22.9. The molecule has 1 spiro atoms. The number of halogens is 1. The molecule has 4 atom stereocenters. The highest BCUT2D eigenvalue weighted by molar-refractivity contribution is 6.16. The maximum atomic E-state index is 14.9. The third kappa shape index (κ3) is 3.96. The smallest absolute Gasteiger partial charge is 0.238 e. The molecule has 43 heavy (non-hydrogen) atoms. The zero-order chi connectivity index (χ0) is 29.7. The lowest BCUT2D eigenvalue weighted by atomic mass is 9.62. The number of anilines is 1. The van der Waals surface area contributed by atoms with E-state index < -0.39 is 29.2 Å². The summed E-state index contributed by atoms with van der Waals surface area (Å²) in [5.41, 5.74) is 2.13. The Hall–Kier alpha value is -5.30. The molecular formula is C36H27FN2O4. The Morgan fingerprint density at radius 1 is 0.930 bits per heavy atom. The molecule has 3 aliphatic heterocycles. The topological polar surface area (TPSA) is 75.7 Å². The molecule has 6 nitrogen and oxygen atoms in total. The van der Waals surface area contributed by atoms with Gasteiger partial charge in [0.25, 0.3) is 0 Å². The molecule has 3 heterocycles. The maximum absolute atomic E-state index is 14.9. The van der Waals surface area contributed by atoms with Crippen LogP contribution in [0, 0.1) is 11.7 Å². The van der Waals surface area contributed by atoms with E-state index in [2.05, 4.69) is 11.9 Å². The van der Waals surface area contributed by atoms with Gasteiger partial charge in [-0.1, -0.05) is 67.3 Å². The fourth-order valence-corrected chi connectivity index (χ4v) is 7.03. The Morgan fingerprint density at radius 2 is 1.70 bits per heavy atom. The van der Waals surface area contributed by atoms with Gasteiger partial charge < -0.3 is 15.0 Å². The van der Waals surface area contributed by atoms with E-state index in [1.807, 2.05) is 65.7 Å². The summed E-state index contributed by atoms with van der Waals surface area (Å²) >= 11 is 0. The number of hydrogen-bond acceptors (Lipinski definition) is 5. The number of ether oxygens (including phenoxy) is 1. The SMILES string of the molecule is C=CCOc1cccc(C(=O)[C@@H]2[C@H](C(=O)c3ccc(F)cc3)N3C=Cc4ccccc4[C@H]3[C@@]23C(=O)Nc2ccccc23)c1. The first kappa shape index (κ1) is 26.6. The van der Waals surface area contributed by atoms with Gasteiger partial charge >= 0.3 is 0 Å². The van der Waals surface area contributed by atoms with Crippen molar-refractivity contribution in [3.8, 4) is 5.75 Å². The van der Waals surface area contributed by atoms with Crippen LogP contribution in [0.25, 0.3) is 6.08 Å². The monoisotopic (exact) mass is 570 g/mol. The molecule has 1 amide bonds. The van der Waals surface area contributed by atoms with E-state index in [-0.39, 0.29) is 29.6 Å². The van der Waals surface area contributed by atoms with Crippen LogP contribution in [0.4, 0.5) is 10.1 Å². The number of carbonyl (C=O) groups excluding carboxylic acids is 3. The number of nitrogens with zero attached hydrogens (tertiary/aromatic N) is 1. The third-order valence-electron chi connectivity index (χ3n) is 8.74. The van der Waals surface area contributed by atoms with Crippen molar-refractivity contribution in [3.63, 3.8) is 0 Å². The van der Waals surface area contributed by atoms with Crippen LogP contribution in [0.3, 0.4) is 0 Å². The summed E-state index contributed by atoms with van der Waals surface area (Å²) in [4.78, 5) is 45.8. The van der Waals surface area contributed by atoms with Crippen LogP contribution in [0.1, 0.15) is 43.4 Å². The second-order valence-corrected chi connectivity index (χ2v) is 10.9. The zero-order valence-corrected chi connectivity index (χ0v) is 23.1. The van der Waals surface area contributed by atoms with Gasteiger partial charge in [-0.15, -0.1) is 0 Å². The maximum Gasteiger partial charge on any atom is 0.238 e. The van der Waals surface area contributed by atoms with Crippen LogP contribution in [-0.4, -0.2) is 35.0 Å². The molecule has 0 radical (unpaired) electrons. The first-order valence-corrected chi connectivity index (χ1v) is 14.1. The highest BCUT2D eigenvalue weighted by atomic mass is 19.1. The first-order valence-electron chi connectivity index (χ1n) is 14.1. The lowest BCUT2D eigenvalue weighted by molar-refractivity contribution is -0.122. The molecule has 1 saturated heterocycles. The van der Waals surface area contributed by atoms with E-state index in [1.165, 1.54) is 24.3 Å². The van der Waals surface area contributed by atoms with Gasteiger partial charge in [-0.2, -0.15) is 0 Å². The van der Waals surface area contributed by atoms with Crippen LogP contribution in [-0.2, 0) is 10.2 Å². The molecule has 1 N–H and O–H groups in total. The van der Waals surface area contributed by atoms with Gasteiger partial charge in [0, 0.05) is 23.0 Å². The number of carbonyl (C=O) groups is 3. The summed E-state index contributed by atoms with van der Waals surface area (Å²) in [6.45, 7) is 3.94. The van der Waals surface area contributed by atoms with E-state index >= 15 is 0 Å². The largest absolute Gasteiger partial charge is 0.490 e. The van der Waals surface area contributed by atoms with E-state index in [9.17, 15) is 18.8 Å². The molecule has 3 aliphatic rings. The Kier molecular flexibility index (Phi) is 6.31. The molecule has 4 aromatic rings. The summed E-state index contributed by atoms with van der Waals surface area (Å²) in [7, 11) is 0. The molecule has 0 unspecified atom stereocenters. The minimum Gasteiger partial charge on any atom is -0.490 e. The lowest BCUT2D eigenvalue weighted by Gasteiger charge is -2.38. The van der Waals surface area contributed by atoms with Crippen molar-refractivity contribution in [2.45, 2.75) is 17.5 Å². The molecule has 7 heteroatoms. The van der Waals surface area contributed by atoms with E-state index in [1.54, 1.807) is 30.3 Å². The molecule has 1 fully saturated rings. The van der Waals surface area contributed by atoms with Gasteiger partial charge in [0.05, 0.1) is 12.0 Å². The predicted molar refractivity (Wildman–Crippen MR) is 161 cm³/mol. The van der Waals surface area contributed by atoms with Crippen LogP contribution < -0.4 is 10.1 Å². The molecule has 0 aromatic heterocycles. The van der Waals surface area contributed by atoms with Crippen LogP contribution >= 0.6 is 0 Å². The minimum absolute atomic E-state index is 0.252. The Bertz CT molecular complexity index is 1830. The Morgan fingerprint density at radius 3 is 2.51 bits per heavy atom. The average Bonchev–Trinajstić information content (AvgIpc) is 3.52. The number of Topliss-reactive ketones (excluding diaryl/α,β-unsaturated/α-hetero) is 2. The average molecular weight is 571 g/mol. The van der Waals surface area contributed by atoms with Crippen molar-refractivity contribution < 1.29 is 23.5 Å². The molecule has 0 bridgehead atoms. The van der Waals surface area contributed by atoms with Gasteiger partial charge in [0.1, 0.15) is 29.6 Å². The van der Waals surface area contributed by atoms with E-state index in [0.29, 0.717) is 22.6 Å². The minimum atomic E-state index is -1.45. The predicted octanol–water partition coefficient (Wildman–Crippen LogP) is 6.37. The molecular weight excluding hydrogens is 543 g/mol. The Balaban J connectivity index is 1.50. The number of ketones is 2. The Labute approximate surface area is 248 Å². The highest BCUT2D eigenvalue weighted by Gasteiger charge is 2.70. The summed E-state index contributed by atoms with van der Waals surface area (Å²) < 4.78 is 19.6. The van der Waals surface area contributed by atoms with Crippen molar-refractivity contribution in [2.24, 2.45) is 5.92 Å². The molecule has 0 aliphatic carbocycles. The van der Waals surface area contributed by atoms with Gasteiger partial charge in [0.2, 0.25) is 5.91 Å². The number of rotatable bonds is 7. The summed E-state index contributed by atoms with van der Waals surface area (Å²) in [6, 6.07) is 25.4. The third-order valence-corrected chi connectivity index (χ3v) is 8.74. The van der Waals surface area contributed by atoms with Crippen molar-refractivity contribution in [3.05, 3.63) is 150 Å². The lowest BCUT2D eigenvalue weighted by Crippen LogP contribution is -2.49. The number of nitrogens with one attached hydrogen (secondary N) is 1. The van der Waals surface area contributed by atoms with Gasteiger partial charge in [-0.25, -0.2) is 4.39 Å². The van der Waals surface area contributed by atoms with E-state index in [0.717, 1.165) is 11.1 Å². The zero-order valence-electron chi connectivity index (χ0n) is 23.1. The highest BCUT2D eigenvalue weighted by Crippen LogP contribution is 2.62. The number of para-hydroxylation sites is 1. The molecule has 0 saturated carbocycles. The summed E-state index contributed by atoms with van der Waals surface area (Å²) in [6.07, 6.45) is 5.32. The van der Waals surface area contributed by atoms with Gasteiger partial charge in [0.15, 0.2) is 11.6 Å². The standard InChI is InChI=1S/C36H27FN2O4/c1-2-20-43-26-10-7-9-24(21-26)32(40)30-31(33(41)23-14-16-25(37)17-15-23)39-19-18-22-8-3-4-11-27(22)34(39)36(30)28-12-5-6-13-29(28)38-35(36)42/h2-19,21,30-31,34H,1,20H2,(H,38,42)/t30-,31+,34-,36-/m0/s1.